The van der Waals surface area contributed by atoms with Crippen LogP contribution in [0.4, 0.5) is 5.69 Å². The fraction of sp³-hybridized carbons (Fsp3) is 0.357. The zero-order valence-corrected chi connectivity index (χ0v) is 22.3. The first-order valence-electron chi connectivity index (χ1n) is 12.4. The number of amides is 2. The molecule has 3 aromatic rings. The van der Waals surface area contributed by atoms with Gasteiger partial charge in [0.1, 0.15) is 11.5 Å². The summed E-state index contributed by atoms with van der Waals surface area (Å²) in [5.41, 5.74) is 1.98. The van der Waals surface area contributed by atoms with Crippen LogP contribution < -0.4 is 25.0 Å². The third-order valence-electron chi connectivity index (χ3n) is 6.65. The van der Waals surface area contributed by atoms with Gasteiger partial charge in [-0.25, -0.2) is 0 Å². The number of benzene rings is 2. The second-order valence-electron chi connectivity index (χ2n) is 8.94. The van der Waals surface area contributed by atoms with Crippen molar-refractivity contribution in [3.05, 3.63) is 76.5 Å². The number of thiophene rings is 1. The van der Waals surface area contributed by atoms with Crippen molar-refractivity contribution in [1.29, 1.82) is 0 Å². The molecule has 2 N–H and O–H groups in total. The average Bonchev–Trinajstić information content (AvgIpc) is 3.46. The second-order valence-corrected chi connectivity index (χ2v) is 9.92. The smallest absolute Gasteiger partial charge is 0.309 e. The first-order chi connectivity index (χ1) is 18.0. The average molecular weight is 523 g/mol. The number of methoxy groups -OCH3 is 2. The van der Waals surface area contributed by atoms with E-state index in [2.05, 4.69) is 38.6 Å². The minimum Gasteiger partial charge on any atom is -0.497 e. The maximum absolute atomic E-state index is 12.8. The normalized spacial score (nSPS) is 15.5. The van der Waals surface area contributed by atoms with Crippen LogP contribution in [0.2, 0.25) is 0 Å². The van der Waals surface area contributed by atoms with Crippen LogP contribution in [0.3, 0.4) is 0 Å². The second kappa shape index (κ2) is 12.6. The maximum atomic E-state index is 12.8. The summed E-state index contributed by atoms with van der Waals surface area (Å²) in [5, 5.41) is 7.69. The zero-order valence-electron chi connectivity index (χ0n) is 21.5. The van der Waals surface area contributed by atoms with Crippen molar-refractivity contribution < 1.29 is 19.1 Å². The molecule has 1 fully saturated rings. The zero-order chi connectivity index (χ0) is 26.2. The number of para-hydroxylation sites is 1. The van der Waals surface area contributed by atoms with Crippen LogP contribution in [0.25, 0.3) is 0 Å². The molecule has 0 spiro atoms. The van der Waals surface area contributed by atoms with Gasteiger partial charge in [-0.05, 0) is 48.7 Å². The molecule has 1 aliphatic rings. The fourth-order valence-corrected chi connectivity index (χ4v) is 5.67. The number of nitrogens with zero attached hydrogens (tertiary/aromatic N) is 2. The number of nitrogens with one attached hydrogen (secondary N) is 2. The molecule has 0 radical (unpaired) electrons. The van der Waals surface area contributed by atoms with E-state index in [1.807, 2.05) is 54.8 Å². The highest BCUT2D eigenvalue weighted by atomic mass is 32.1. The maximum Gasteiger partial charge on any atom is 0.309 e. The van der Waals surface area contributed by atoms with Crippen LogP contribution in [-0.2, 0) is 16.1 Å². The molecule has 2 amide bonds. The van der Waals surface area contributed by atoms with Crippen LogP contribution in [0, 0.1) is 0 Å². The Hall–Kier alpha value is -3.56. The summed E-state index contributed by atoms with van der Waals surface area (Å²) in [6.07, 6.45) is 0. The van der Waals surface area contributed by atoms with Gasteiger partial charge in [-0.3, -0.25) is 14.5 Å². The Morgan fingerprint density at radius 1 is 0.919 bits per heavy atom. The van der Waals surface area contributed by atoms with Gasteiger partial charge in [0.05, 0.1) is 20.3 Å². The standard InChI is InChI=1S/C28H34N4O4S/c1-20(30-28(34)27(33)29-19-21-7-4-5-8-24(21)36-3)26(25-9-6-18-37-25)32-16-14-31(15-17-32)22-10-12-23(35-2)13-11-22/h4-13,18,20,26H,14-17,19H2,1-3H3,(H,29,33)(H,30,34). The quantitative estimate of drug-likeness (QED) is 0.419. The van der Waals surface area contributed by atoms with Crippen LogP contribution in [0.15, 0.2) is 66.0 Å². The molecule has 2 heterocycles. The van der Waals surface area contributed by atoms with Crippen LogP contribution in [-0.4, -0.2) is 63.2 Å². The van der Waals surface area contributed by atoms with Crippen molar-refractivity contribution in [2.75, 3.05) is 45.3 Å². The van der Waals surface area contributed by atoms with Gasteiger partial charge in [-0.1, -0.05) is 24.3 Å². The van der Waals surface area contributed by atoms with E-state index in [9.17, 15) is 9.59 Å². The van der Waals surface area contributed by atoms with Crippen molar-refractivity contribution in [2.24, 2.45) is 0 Å². The van der Waals surface area contributed by atoms with Crippen LogP contribution in [0.5, 0.6) is 11.5 Å². The molecule has 0 saturated carbocycles. The monoisotopic (exact) mass is 522 g/mol. The molecule has 2 aromatic carbocycles. The van der Waals surface area contributed by atoms with Crippen molar-refractivity contribution in [3.63, 3.8) is 0 Å². The van der Waals surface area contributed by atoms with Gasteiger partial charge in [0.25, 0.3) is 0 Å². The van der Waals surface area contributed by atoms with Crippen LogP contribution in [0.1, 0.15) is 23.4 Å². The topological polar surface area (TPSA) is 83.1 Å². The lowest BCUT2D eigenvalue weighted by Gasteiger charge is -2.42. The molecule has 196 valence electrons. The summed E-state index contributed by atoms with van der Waals surface area (Å²) in [4.78, 5) is 31.3. The Balaban J connectivity index is 1.36. The molecule has 37 heavy (non-hydrogen) atoms. The Labute approximate surface area is 222 Å². The van der Waals surface area contributed by atoms with E-state index < -0.39 is 11.8 Å². The third kappa shape index (κ3) is 6.61. The Morgan fingerprint density at radius 3 is 2.30 bits per heavy atom. The number of rotatable bonds is 9. The number of carbonyl (C=O) groups excluding carboxylic acids is 2. The van der Waals surface area contributed by atoms with Gasteiger partial charge >= 0.3 is 11.8 Å². The molecular formula is C28H34N4O4S. The van der Waals surface area contributed by atoms with E-state index in [0.29, 0.717) is 5.75 Å². The van der Waals surface area contributed by atoms with E-state index in [0.717, 1.165) is 37.5 Å². The van der Waals surface area contributed by atoms with E-state index in [1.165, 1.54) is 10.6 Å². The number of carbonyl (C=O) groups is 2. The predicted octanol–water partition coefficient (Wildman–Crippen LogP) is 3.45. The Bertz CT molecular complexity index is 1160. The Morgan fingerprint density at radius 2 is 1.65 bits per heavy atom. The summed E-state index contributed by atoms with van der Waals surface area (Å²) in [6, 6.07) is 19.4. The highest BCUT2D eigenvalue weighted by Crippen LogP contribution is 2.30. The van der Waals surface area contributed by atoms with Crippen molar-refractivity contribution >= 4 is 28.8 Å². The van der Waals surface area contributed by atoms with Gasteiger partial charge in [0.2, 0.25) is 0 Å². The number of hydrogen-bond donors (Lipinski definition) is 2. The summed E-state index contributed by atoms with van der Waals surface area (Å²) in [5.74, 6) is 0.215. The minimum absolute atomic E-state index is 0.0241. The van der Waals surface area contributed by atoms with Gasteiger partial charge in [0, 0.05) is 54.9 Å². The summed E-state index contributed by atoms with van der Waals surface area (Å²) >= 11 is 1.67. The van der Waals surface area contributed by atoms with Crippen molar-refractivity contribution in [3.8, 4) is 11.5 Å². The largest absolute Gasteiger partial charge is 0.497 e. The highest BCUT2D eigenvalue weighted by molar-refractivity contribution is 7.10. The number of anilines is 1. The molecule has 9 heteroatoms. The molecule has 4 rings (SSSR count). The number of piperazine rings is 1. The molecule has 0 bridgehead atoms. The van der Waals surface area contributed by atoms with Crippen molar-refractivity contribution in [1.82, 2.24) is 15.5 Å². The first kappa shape index (κ1) is 26.5. The molecule has 1 aliphatic heterocycles. The summed E-state index contributed by atoms with van der Waals surface area (Å²) in [6.45, 7) is 5.60. The third-order valence-corrected chi connectivity index (χ3v) is 7.59. The van der Waals surface area contributed by atoms with E-state index in [4.69, 9.17) is 9.47 Å². The molecule has 2 unspecified atom stereocenters. The predicted molar refractivity (Wildman–Crippen MR) is 146 cm³/mol. The van der Waals surface area contributed by atoms with Gasteiger partial charge in [0.15, 0.2) is 0 Å². The van der Waals surface area contributed by atoms with Crippen molar-refractivity contribution in [2.45, 2.75) is 25.6 Å². The summed E-state index contributed by atoms with van der Waals surface area (Å²) < 4.78 is 10.6. The lowest BCUT2D eigenvalue weighted by atomic mass is 10.0. The highest BCUT2D eigenvalue weighted by Gasteiger charge is 2.32. The van der Waals surface area contributed by atoms with Gasteiger partial charge in [-0.15, -0.1) is 11.3 Å². The number of ether oxygens (including phenoxy) is 2. The molecule has 8 nitrogen and oxygen atoms in total. The molecule has 1 saturated heterocycles. The van der Waals surface area contributed by atoms with E-state index in [1.54, 1.807) is 25.6 Å². The number of hydrogen-bond acceptors (Lipinski definition) is 7. The summed E-state index contributed by atoms with van der Waals surface area (Å²) in [7, 11) is 3.25. The molecule has 1 aromatic heterocycles. The minimum atomic E-state index is -0.660. The lowest BCUT2D eigenvalue weighted by molar-refractivity contribution is -0.140. The van der Waals surface area contributed by atoms with Crippen LogP contribution >= 0.6 is 11.3 Å². The SMILES string of the molecule is COc1ccc(N2CCN(C(c3cccs3)C(C)NC(=O)C(=O)NCc3ccccc3OC)CC2)cc1. The molecular weight excluding hydrogens is 488 g/mol. The Kier molecular flexibility index (Phi) is 9.03. The van der Waals surface area contributed by atoms with Gasteiger partial charge < -0.3 is 25.0 Å². The van der Waals surface area contributed by atoms with E-state index in [-0.39, 0.29) is 18.6 Å². The fourth-order valence-electron chi connectivity index (χ4n) is 4.71. The van der Waals surface area contributed by atoms with Gasteiger partial charge in [-0.2, -0.15) is 0 Å². The van der Waals surface area contributed by atoms with E-state index >= 15 is 0 Å². The first-order valence-corrected chi connectivity index (χ1v) is 13.2. The molecule has 0 aliphatic carbocycles. The lowest BCUT2D eigenvalue weighted by Crippen LogP contribution is -2.53. The molecule has 2 atom stereocenters.